The van der Waals surface area contributed by atoms with Crippen LogP contribution in [0.4, 0.5) is 17.1 Å². The molecular formula is C29H22BrN3O6. The third kappa shape index (κ3) is 3.69. The molecule has 3 heterocycles. The van der Waals surface area contributed by atoms with Crippen molar-refractivity contribution < 1.29 is 24.0 Å². The zero-order chi connectivity index (χ0) is 27.6. The number of imide groups is 1. The normalized spacial score (nSPS) is 22.9. The molecule has 3 aromatic carbocycles. The van der Waals surface area contributed by atoms with Gasteiger partial charge in [-0.1, -0.05) is 30.4 Å². The Balaban J connectivity index is 1.48. The molecule has 0 aromatic heterocycles. The lowest BCUT2D eigenvalue weighted by Gasteiger charge is -2.36. The van der Waals surface area contributed by atoms with Crippen LogP contribution in [0.15, 0.2) is 71.2 Å². The van der Waals surface area contributed by atoms with Crippen molar-refractivity contribution in [3.05, 3.63) is 98.0 Å². The number of amides is 2. The smallest absolute Gasteiger partial charge is 0.269 e. The van der Waals surface area contributed by atoms with Gasteiger partial charge in [0, 0.05) is 23.4 Å². The van der Waals surface area contributed by atoms with Gasteiger partial charge in [0.15, 0.2) is 5.78 Å². The number of benzene rings is 3. The van der Waals surface area contributed by atoms with E-state index in [1.807, 2.05) is 41.3 Å². The maximum atomic E-state index is 14.2. The number of ether oxygens (including phenoxy) is 1. The Kier molecular flexibility index (Phi) is 5.87. The number of nitro groups is 1. The summed E-state index contributed by atoms with van der Waals surface area (Å²) in [4.78, 5) is 56.0. The first-order valence-electron chi connectivity index (χ1n) is 12.3. The number of hydrogen-bond donors (Lipinski definition) is 0. The number of fused-ring (bicyclic) bond motifs is 5. The summed E-state index contributed by atoms with van der Waals surface area (Å²) in [5, 5.41) is 11.2. The molecule has 0 N–H and O–H groups in total. The Hall–Kier alpha value is -4.31. The van der Waals surface area contributed by atoms with Gasteiger partial charge < -0.3 is 9.64 Å². The molecule has 196 valence electrons. The van der Waals surface area contributed by atoms with Gasteiger partial charge in [0.05, 0.1) is 40.1 Å². The highest BCUT2D eigenvalue weighted by Gasteiger charge is 2.64. The second-order valence-corrected chi connectivity index (χ2v) is 10.6. The highest BCUT2D eigenvalue weighted by molar-refractivity contribution is 9.10. The van der Waals surface area contributed by atoms with Crippen LogP contribution >= 0.6 is 15.9 Å². The summed E-state index contributed by atoms with van der Waals surface area (Å²) in [6, 6.07) is 15.2. The van der Waals surface area contributed by atoms with Gasteiger partial charge in [-0.15, -0.1) is 0 Å². The highest BCUT2D eigenvalue weighted by Crippen LogP contribution is 2.50. The van der Waals surface area contributed by atoms with Crippen molar-refractivity contribution in [1.29, 1.82) is 0 Å². The molecule has 2 saturated heterocycles. The molecule has 2 fully saturated rings. The van der Waals surface area contributed by atoms with E-state index in [-0.39, 0.29) is 17.2 Å². The first-order valence-corrected chi connectivity index (χ1v) is 13.1. The van der Waals surface area contributed by atoms with E-state index in [9.17, 15) is 24.5 Å². The van der Waals surface area contributed by atoms with E-state index in [1.165, 1.54) is 25.3 Å². The molecule has 2 amide bonds. The van der Waals surface area contributed by atoms with E-state index < -0.39 is 40.7 Å². The average Bonchev–Trinajstić information content (AvgIpc) is 3.40. The predicted molar refractivity (Wildman–Crippen MR) is 148 cm³/mol. The number of nitrogens with zero attached hydrogens (tertiary/aromatic N) is 3. The van der Waals surface area contributed by atoms with Gasteiger partial charge in [0.1, 0.15) is 11.8 Å². The molecule has 3 aliphatic rings. The zero-order valence-corrected chi connectivity index (χ0v) is 22.5. The molecule has 9 nitrogen and oxygen atoms in total. The molecule has 4 unspecified atom stereocenters. The SMILES string of the molecule is COc1ccc(C(=O)C2C3C(=O)N(c4ccc([N+](=O)[O-])cc4C)C(=O)C3C3C=Cc4ccccc4N32)cc1Br. The minimum atomic E-state index is -0.943. The van der Waals surface area contributed by atoms with Crippen LogP contribution in [0.2, 0.25) is 0 Å². The number of rotatable bonds is 5. The summed E-state index contributed by atoms with van der Waals surface area (Å²) in [6.45, 7) is 1.62. The van der Waals surface area contributed by atoms with Gasteiger partial charge in [-0.2, -0.15) is 0 Å². The second kappa shape index (κ2) is 9.16. The number of anilines is 2. The van der Waals surface area contributed by atoms with Crippen LogP contribution in [-0.4, -0.2) is 41.7 Å². The molecule has 0 bridgehead atoms. The summed E-state index contributed by atoms with van der Waals surface area (Å²) in [6.07, 6.45) is 3.80. The number of methoxy groups -OCH3 is 1. The van der Waals surface area contributed by atoms with Crippen LogP contribution in [0, 0.1) is 28.9 Å². The standard InChI is InChI=1S/C29H22BrN3O6/c1-15-13-18(33(37)38)9-11-20(15)32-28(35)24-22-10-7-16-5-3-4-6-21(16)31(22)26(25(24)29(32)36)27(34)17-8-12-23(39-2)19(30)14-17/h3-14,22,24-26H,1-2H3. The summed E-state index contributed by atoms with van der Waals surface area (Å²) >= 11 is 3.44. The van der Waals surface area contributed by atoms with Crippen molar-refractivity contribution in [2.75, 3.05) is 16.9 Å². The minimum absolute atomic E-state index is 0.133. The Labute approximate surface area is 231 Å². The molecule has 3 aromatic rings. The van der Waals surface area contributed by atoms with Crippen molar-refractivity contribution in [2.45, 2.75) is 19.0 Å². The number of Topliss-reactive ketones (excluding diaryl/α,β-unsaturated/α-hetero) is 1. The summed E-state index contributed by atoms with van der Waals surface area (Å²) in [7, 11) is 1.53. The highest BCUT2D eigenvalue weighted by atomic mass is 79.9. The minimum Gasteiger partial charge on any atom is -0.496 e. The molecule has 0 saturated carbocycles. The maximum absolute atomic E-state index is 14.2. The van der Waals surface area contributed by atoms with Crippen LogP contribution in [0.25, 0.3) is 6.08 Å². The Morgan fingerprint density at radius 2 is 1.74 bits per heavy atom. The third-order valence-corrected chi connectivity index (χ3v) is 8.37. The number of non-ortho nitro benzene ring substituents is 1. The number of aryl methyl sites for hydroxylation is 1. The van der Waals surface area contributed by atoms with Gasteiger partial charge >= 0.3 is 0 Å². The van der Waals surface area contributed by atoms with Crippen LogP contribution in [0.3, 0.4) is 0 Å². The lowest BCUT2D eigenvalue weighted by molar-refractivity contribution is -0.384. The van der Waals surface area contributed by atoms with E-state index >= 15 is 0 Å². The van der Waals surface area contributed by atoms with E-state index in [2.05, 4.69) is 15.9 Å². The lowest BCUT2D eigenvalue weighted by atomic mass is 9.86. The fourth-order valence-corrected chi connectivity index (χ4v) is 6.59. The first kappa shape index (κ1) is 25.0. The maximum Gasteiger partial charge on any atom is 0.269 e. The third-order valence-electron chi connectivity index (χ3n) is 7.75. The number of carbonyl (C=O) groups is 3. The number of halogens is 1. The number of nitro benzene ring substituents is 1. The second-order valence-electron chi connectivity index (χ2n) is 9.77. The quantitative estimate of drug-likeness (QED) is 0.180. The van der Waals surface area contributed by atoms with Crippen molar-refractivity contribution in [1.82, 2.24) is 0 Å². The van der Waals surface area contributed by atoms with Crippen LogP contribution in [0.1, 0.15) is 21.5 Å². The van der Waals surface area contributed by atoms with Crippen LogP contribution in [-0.2, 0) is 9.59 Å². The van der Waals surface area contributed by atoms with E-state index in [0.29, 0.717) is 21.3 Å². The van der Waals surface area contributed by atoms with E-state index in [4.69, 9.17) is 4.74 Å². The number of ketones is 1. The predicted octanol–water partition coefficient (Wildman–Crippen LogP) is 4.95. The van der Waals surface area contributed by atoms with Crippen molar-refractivity contribution in [3.63, 3.8) is 0 Å². The molecule has 3 aliphatic heterocycles. The Bertz CT molecular complexity index is 1620. The number of hydrogen-bond acceptors (Lipinski definition) is 7. The largest absolute Gasteiger partial charge is 0.496 e. The number of para-hydroxylation sites is 1. The van der Waals surface area contributed by atoms with Gasteiger partial charge in [-0.05, 0) is 64.3 Å². The van der Waals surface area contributed by atoms with E-state index in [1.54, 1.807) is 25.1 Å². The molecular weight excluding hydrogens is 566 g/mol. The molecule has 0 spiro atoms. The summed E-state index contributed by atoms with van der Waals surface area (Å²) < 4.78 is 5.91. The Morgan fingerprint density at radius 3 is 2.44 bits per heavy atom. The summed E-state index contributed by atoms with van der Waals surface area (Å²) in [5.41, 5.74) is 2.63. The topological polar surface area (TPSA) is 110 Å². The van der Waals surface area contributed by atoms with E-state index in [0.717, 1.165) is 16.2 Å². The molecule has 39 heavy (non-hydrogen) atoms. The molecule has 6 rings (SSSR count). The van der Waals surface area contributed by atoms with Gasteiger partial charge in [-0.3, -0.25) is 24.5 Å². The van der Waals surface area contributed by atoms with Gasteiger partial charge in [-0.25, -0.2) is 4.90 Å². The van der Waals surface area contributed by atoms with Crippen LogP contribution in [0.5, 0.6) is 5.75 Å². The average molecular weight is 588 g/mol. The fraction of sp³-hybridized carbons (Fsp3) is 0.207. The fourth-order valence-electron chi connectivity index (χ4n) is 6.05. The van der Waals surface area contributed by atoms with Crippen molar-refractivity contribution in [3.8, 4) is 5.75 Å². The molecule has 4 atom stereocenters. The Morgan fingerprint density at radius 1 is 1.00 bits per heavy atom. The molecule has 0 radical (unpaired) electrons. The monoisotopic (exact) mass is 587 g/mol. The summed E-state index contributed by atoms with van der Waals surface area (Å²) in [5.74, 6) is -2.38. The van der Waals surface area contributed by atoms with Gasteiger partial charge in [0.2, 0.25) is 11.8 Å². The zero-order valence-electron chi connectivity index (χ0n) is 20.9. The molecule has 10 heteroatoms. The van der Waals surface area contributed by atoms with Crippen LogP contribution < -0.4 is 14.5 Å². The van der Waals surface area contributed by atoms with Crippen molar-refractivity contribution in [2.24, 2.45) is 11.8 Å². The number of carbonyl (C=O) groups excluding carboxylic acids is 3. The molecule has 0 aliphatic carbocycles. The lowest BCUT2D eigenvalue weighted by Crippen LogP contribution is -2.49. The van der Waals surface area contributed by atoms with Crippen molar-refractivity contribution >= 4 is 56.7 Å². The van der Waals surface area contributed by atoms with Gasteiger partial charge in [0.25, 0.3) is 5.69 Å². The first-order chi connectivity index (χ1) is 18.7.